The van der Waals surface area contributed by atoms with Crippen molar-refractivity contribution in [2.45, 2.75) is 43.5 Å². The van der Waals surface area contributed by atoms with E-state index in [4.69, 9.17) is 0 Å². The highest BCUT2D eigenvalue weighted by molar-refractivity contribution is 9.13. The lowest BCUT2D eigenvalue weighted by atomic mass is 9.94. The molecule has 0 spiro atoms. The molecule has 100 valence electrons. The fourth-order valence-corrected chi connectivity index (χ4v) is 4.15. The topological polar surface area (TPSA) is 12.0 Å². The standard InChI is InChI=1S/C14H19Br2NS/c1-18-14-5-3-2-4-13(14)17-9-10-6-7-11(15)12(16)8-10/h6-8,13-14,17H,2-5,9H2,1H3. The van der Waals surface area contributed by atoms with Crippen LogP contribution in [0.2, 0.25) is 0 Å². The van der Waals surface area contributed by atoms with Gasteiger partial charge >= 0.3 is 0 Å². The predicted octanol–water partition coefficient (Wildman–Crippen LogP) is 4.98. The molecule has 2 unspecified atom stereocenters. The molecule has 0 amide bonds. The van der Waals surface area contributed by atoms with Crippen molar-refractivity contribution >= 4 is 43.6 Å². The van der Waals surface area contributed by atoms with E-state index in [-0.39, 0.29) is 0 Å². The Bertz CT molecular complexity index is 397. The summed E-state index contributed by atoms with van der Waals surface area (Å²) in [5, 5.41) is 4.52. The first-order valence-electron chi connectivity index (χ1n) is 6.41. The summed E-state index contributed by atoms with van der Waals surface area (Å²) in [4.78, 5) is 0. The summed E-state index contributed by atoms with van der Waals surface area (Å²) >= 11 is 9.08. The van der Waals surface area contributed by atoms with E-state index >= 15 is 0 Å². The second kappa shape index (κ2) is 7.32. The van der Waals surface area contributed by atoms with Crippen LogP contribution in [-0.2, 0) is 6.54 Å². The van der Waals surface area contributed by atoms with Crippen LogP contribution in [0.1, 0.15) is 31.2 Å². The molecule has 0 aromatic heterocycles. The second-order valence-corrected chi connectivity index (χ2v) is 7.58. The van der Waals surface area contributed by atoms with Gasteiger partial charge < -0.3 is 5.32 Å². The molecule has 1 fully saturated rings. The number of thioether (sulfide) groups is 1. The maximum Gasteiger partial charge on any atom is 0.0320 e. The number of nitrogens with one attached hydrogen (secondary N) is 1. The maximum atomic E-state index is 3.73. The molecule has 1 aromatic carbocycles. The lowest BCUT2D eigenvalue weighted by molar-refractivity contribution is 0.383. The van der Waals surface area contributed by atoms with Crippen molar-refractivity contribution in [3.05, 3.63) is 32.7 Å². The van der Waals surface area contributed by atoms with Crippen LogP contribution in [-0.4, -0.2) is 17.5 Å². The predicted molar refractivity (Wildman–Crippen MR) is 88.2 cm³/mol. The minimum atomic E-state index is 0.677. The zero-order valence-electron chi connectivity index (χ0n) is 10.6. The molecular formula is C14H19Br2NS. The van der Waals surface area contributed by atoms with Crippen molar-refractivity contribution in [1.82, 2.24) is 5.32 Å². The SMILES string of the molecule is CSC1CCCCC1NCc1ccc(Br)c(Br)c1. The van der Waals surface area contributed by atoms with Crippen LogP contribution in [0.15, 0.2) is 27.1 Å². The van der Waals surface area contributed by atoms with Crippen molar-refractivity contribution in [2.75, 3.05) is 6.26 Å². The molecule has 0 saturated heterocycles. The third-order valence-corrected chi connectivity index (χ3v) is 6.61. The van der Waals surface area contributed by atoms with Crippen molar-refractivity contribution in [3.63, 3.8) is 0 Å². The largest absolute Gasteiger partial charge is 0.309 e. The zero-order valence-corrected chi connectivity index (χ0v) is 14.6. The van der Waals surface area contributed by atoms with Gasteiger partial charge in [0.2, 0.25) is 0 Å². The summed E-state index contributed by atoms with van der Waals surface area (Å²) in [5.74, 6) is 0. The Kier molecular flexibility index (Phi) is 6.05. The van der Waals surface area contributed by atoms with E-state index in [2.05, 4.69) is 61.6 Å². The minimum absolute atomic E-state index is 0.677. The Hall–Kier alpha value is 0.490. The van der Waals surface area contributed by atoms with Gasteiger partial charge in [0.05, 0.1) is 0 Å². The Morgan fingerprint density at radius 2 is 2.00 bits per heavy atom. The van der Waals surface area contributed by atoms with Crippen LogP contribution < -0.4 is 5.32 Å². The highest BCUT2D eigenvalue weighted by Gasteiger charge is 2.23. The molecule has 1 aliphatic carbocycles. The number of rotatable bonds is 4. The van der Waals surface area contributed by atoms with E-state index in [1.54, 1.807) is 0 Å². The van der Waals surface area contributed by atoms with Crippen LogP contribution >= 0.6 is 43.6 Å². The lowest BCUT2D eigenvalue weighted by Gasteiger charge is -2.31. The van der Waals surface area contributed by atoms with Crippen molar-refractivity contribution in [1.29, 1.82) is 0 Å². The third-order valence-electron chi connectivity index (χ3n) is 3.56. The molecule has 0 heterocycles. The Balaban J connectivity index is 1.91. The fraction of sp³-hybridized carbons (Fsp3) is 0.571. The minimum Gasteiger partial charge on any atom is -0.309 e. The molecule has 0 bridgehead atoms. The number of hydrogen-bond donors (Lipinski definition) is 1. The van der Waals surface area contributed by atoms with Crippen molar-refractivity contribution in [2.24, 2.45) is 0 Å². The van der Waals surface area contributed by atoms with Gasteiger partial charge in [0.15, 0.2) is 0 Å². The first kappa shape index (κ1) is 14.9. The molecule has 4 heteroatoms. The molecule has 2 atom stereocenters. The van der Waals surface area contributed by atoms with Crippen LogP contribution in [0, 0.1) is 0 Å². The van der Waals surface area contributed by atoms with Gasteiger partial charge in [0.25, 0.3) is 0 Å². The molecule has 0 radical (unpaired) electrons. The Morgan fingerprint density at radius 1 is 1.22 bits per heavy atom. The molecule has 18 heavy (non-hydrogen) atoms. The number of halogens is 2. The Morgan fingerprint density at radius 3 is 2.72 bits per heavy atom. The van der Waals surface area contributed by atoms with E-state index in [0.717, 1.165) is 20.7 Å². The molecule has 1 nitrogen and oxygen atoms in total. The second-order valence-electron chi connectivity index (χ2n) is 4.79. The monoisotopic (exact) mass is 391 g/mol. The van der Waals surface area contributed by atoms with E-state index in [1.165, 1.54) is 31.2 Å². The summed E-state index contributed by atoms with van der Waals surface area (Å²) in [6.07, 6.45) is 7.69. The Labute approximate surface area is 131 Å². The zero-order chi connectivity index (χ0) is 13.0. The molecule has 1 aromatic rings. The van der Waals surface area contributed by atoms with E-state index in [9.17, 15) is 0 Å². The molecule has 2 rings (SSSR count). The van der Waals surface area contributed by atoms with Crippen LogP contribution in [0.25, 0.3) is 0 Å². The fourth-order valence-electron chi connectivity index (χ4n) is 2.51. The van der Waals surface area contributed by atoms with Gasteiger partial charge in [-0.25, -0.2) is 0 Å². The molecule has 1 N–H and O–H groups in total. The van der Waals surface area contributed by atoms with Crippen molar-refractivity contribution < 1.29 is 0 Å². The van der Waals surface area contributed by atoms with Gasteiger partial charge in [-0.1, -0.05) is 18.9 Å². The normalized spacial score (nSPS) is 24.2. The van der Waals surface area contributed by atoms with E-state index < -0.39 is 0 Å². The summed E-state index contributed by atoms with van der Waals surface area (Å²) in [6.45, 7) is 0.966. The molecule has 0 aliphatic heterocycles. The van der Waals surface area contributed by atoms with Gasteiger partial charge in [-0.2, -0.15) is 11.8 Å². The van der Waals surface area contributed by atoms with E-state index in [0.29, 0.717) is 6.04 Å². The van der Waals surface area contributed by atoms with Crippen molar-refractivity contribution in [3.8, 4) is 0 Å². The highest BCUT2D eigenvalue weighted by Crippen LogP contribution is 2.28. The summed E-state index contributed by atoms with van der Waals surface area (Å²) in [6, 6.07) is 7.15. The van der Waals surface area contributed by atoms with Crippen LogP contribution in [0.5, 0.6) is 0 Å². The average molecular weight is 393 g/mol. The average Bonchev–Trinajstić information content (AvgIpc) is 2.40. The van der Waals surface area contributed by atoms with Gasteiger partial charge in [0.1, 0.15) is 0 Å². The summed E-state index contributed by atoms with van der Waals surface area (Å²) < 4.78 is 2.25. The number of hydrogen-bond acceptors (Lipinski definition) is 2. The number of benzene rings is 1. The first-order chi connectivity index (χ1) is 8.70. The third kappa shape index (κ3) is 3.99. The molecule has 1 saturated carbocycles. The van der Waals surface area contributed by atoms with Gasteiger partial charge in [-0.3, -0.25) is 0 Å². The van der Waals surface area contributed by atoms with Gasteiger partial charge in [-0.05, 0) is 68.7 Å². The smallest absolute Gasteiger partial charge is 0.0320 e. The summed E-state index contributed by atoms with van der Waals surface area (Å²) in [7, 11) is 0. The molecule has 1 aliphatic rings. The highest BCUT2D eigenvalue weighted by atomic mass is 79.9. The summed E-state index contributed by atoms with van der Waals surface area (Å²) in [5.41, 5.74) is 1.34. The van der Waals surface area contributed by atoms with Crippen LogP contribution in [0.4, 0.5) is 0 Å². The van der Waals surface area contributed by atoms with E-state index in [1.807, 2.05) is 11.8 Å². The van der Waals surface area contributed by atoms with Crippen LogP contribution in [0.3, 0.4) is 0 Å². The lowest BCUT2D eigenvalue weighted by Crippen LogP contribution is -2.39. The quantitative estimate of drug-likeness (QED) is 0.775. The maximum absolute atomic E-state index is 3.73. The van der Waals surface area contributed by atoms with Gasteiger partial charge in [0, 0.05) is 26.8 Å². The first-order valence-corrected chi connectivity index (χ1v) is 9.28. The molecular weight excluding hydrogens is 374 g/mol. The van der Waals surface area contributed by atoms with Gasteiger partial charge in [-0.15, -0.1) is 0 Å².